The zero-order chi connectivity index (χ0) is 18.0. The van der Waals surface area contributed by atoms with Crippen molar-refractivity contribution in [1.82, 2.24) is 0 Å². The van der Waals surface area contributed by atoms with Gasteiger partial charge in [-0.3, -0.25) is 33.7 Å². The van der Waals surface area contributed by atoms with E-state index in [0.717, 1.165) is 0 Å². The van der Waals surface area contributed by atoms with E-state index in [-0.39, 0.29) is 81.6 Å². The second kappa shape index (κ2) is 21.4. The van der Waals surface area contributed by atoms with Gasteiger partial charge in [-0.15, -0.1) is 0 Å². The van der Waals surface area contributed by atoms with Gasteiger partial charge in [0.2, 0.25) is 0 Å². The third-order valence-corrected chi connectivity index (χ3v) is 0. The van der Waals surface area contributed by atoms with Crippen molar-refractivity contribution in [3.8, 4) is 0 Å². The standard InChI is InChI=1S/3Al.Na.4H2O4S/c;;;;4*1-5(2,3)4/h;;;;4*(H2,1,2,3,4)/q3*+3;+1;;;;/p-8. The van der Waals surface area contributed by atoms with Crippen LogP contribution in [0.15, 0.2) is 0 Å². The fourth-order valence-electron chi connectivity index (χ4n) is 0. The summed E-state index contributed by atoms with van der Waals surface area (Å²) in [6, 6.07) is 0. The molecular weight excluding hydrogens is 488 g/mol. The zero-order valence-electron chi connectivity index (χ0n) is 10.9. The van der Waals surface area contributed by atoms with Gasteiger partial charge < -0.3 is 36.4 Å². The summed E-state index contributed by atoms with van der Waals surface area (Å²) in [4.78, 5) is 0. The molecule has 0 saturated carbocycles. The van der Waals surface area contributed by atoms with E-state index in [1.54, 1.807) is 0 Å². The molecular formula is Al3NaO16S4+2. The average Bonchev–Trinajstić information content (AvgIpc) is 1.62. The van der Waals surface area contributed by atoms with Crippen molar-refractivity contribution in [2.75, 3.05) is 0 Å². The molecule has 0 saturated heterocycles. The first-order valence-electron chi connectivity index (χ1n) is 2.67. The van der Waals surface area contributed by atoms with Crippen LogP contribution in [-0.2, 0) is 41.6 Å². The maximum Gasteiger partial charge on any atom is 3.00 e. The van der Waals surface area contributed by atoms with Gasteiger partial charge in [0.05, 0.1) is 0 Å². The van der Waals surface area contributed by atoms with Crippen LogP contribution in [0.1, 0.15) is 0 Å². The molecule has 0 aromatic carbocycles. The average molecular weight is 488 g/mol. The Morgan fingerprint density at radius 1 is 0.333 bits per heavy atom. The van der Waals surface area contributed by atoms with Crippen LogP contribution >= 0.6 is 0 Å². The molecule has 0 bridgehead atoms. The molecule has 24 heteroatoms. The Bertz CT molecular complexity index is 486. The Morgan fingerprint density at radius 2 is 0.333 bits per heavy atom. The van der Waals surface area contributed by atoms with Crippen molar-refractivity contribution < 1.29 is 99.7 Å². The second-order valence-corrected chi connectivity index (χ2v) is 4.90. The van der Waals surface area contributed by atoms with E-state index in [1.807, 2.05) is 0 Å². The van der Waals surface area contributed by atoms with Crippen LogP contribution in [0.4, 0.5) is 0 Å². The van der Waals surface area contributed by atoms with Crippen molar-refractivity contribution in [2.45, 2.75) is 0 Å². The van der Waals surface area contributed by atoms with Crippen LogP contribution in [0, 0.1) is 0 Å². The molecule has 0 aromatic rings. The molecule has 0 aliphatic rings. The number of hydrogen-bond donors (Lipinski definition) is 0. The molecule has 0 radical (unpaired) electrons. The first kappa shape index (κ1) is 50.2. The Morgan fingerprint density at radius 3 is 0.333 bits per heavy atom. The van der Waals surface area contributed by atoms with E-state index >= 15 is 0 Å². The molecule has 0 aliphatic carbocycles. The quantitative estimate of drug-likeness (QED) is 0.173. The van der Waals surface area contributed by atoms with Gasteiger partial charge in [-0.25, -0.2) is 0 Å². The normalized spacial score (nSPS) is 9.67. The Balaban J connectivity index is -0.0000000225. The maximum absolute atomic E-state index is 8.52. The van der Waals surface area contributed by atoms with Gasteiger partial charge in [0.15, 0.2) is 0 Å². The Labute approximate surface area is 191 Å². The fraction of sp³-hybridized carbons (Fsp3) is 0. The van der Waals surface area contributed by atoms with Crippen LogP contribution in [0.25, 0.3) is 0 Å². The van der Waals surface area contributed by atoms with Crippen LogP contribution in [0.5, 0.6) is 0 Å². The molecule has 0 fully saturated rings. The van der Waals surface area contributed by atoms with Crippen molar-refractivity contribution >= 4 is 93.7 Å². The van der Waals surface area contributed by atoms with E-state index in [9.17, 15) is 0 Å². The SMILES string of the molecule is O=S(=O)([O-])[O-].O=S(=O)([O-])[O-].O=S(=O)([O-])[O-].O=S(=O)([O-])[O-].[Al+3].[Al+3].[Al+3].[Na+]. The molecule has 128 valence electrons. The predicted molar refractivity (Wildman–Crippen MR) is 59.2 cm³/mol. The predicted octanol–water partition coefficient (Wildman–Crippen LogP) is -9.49. The van der Waals surface area contributed by atoms with E-state index in [4.69, 9.17) is 70.1 Å². The van der Waals surface area contributed by atoms with Gasteiger partial charge in [-0.2, -0.15) is 0 Å². The van der Waals surface area contributed by atoms with E-state index in [2.05, 4.69) is 0 Å². The first-order valence-corrected chi connectivity index (χ1v) is 8.00. The summed E-state index contributed by atoms with van der Waals surface area (Å²) in [5.74, 6) is 0. The van der Waals surface area contributed by atoms with E-state index in [0.29, 0.717) is 0 Å². The summed E-state index contributed by atoms with van der Waals surface area (Å²) in [7, 11) is -20.7. The van der Waals surface area contributed by atoms with Gasteiger partial charge >= 0.3 is 81.6 Å². The Kier molecular flexibility index (Phi) is 44.7. The van der Waals surface area contributed by atoms with Gasteiger partial charge in [0.25, 0.3) is 0 Å². The van der Waals surface area contributed by atoms with Gasteiger partial charge in [-0.1, -0.05) is 0 Å². The summed E-state index contributed by atoms with van der Waals surface area (Å²) in [5.41, 5.74) is 0. The zero-order valence-corrected chi connectivity index (χ0v) is 19.6. The van der Waals surface area contributed by atoms with Crippen LogP contribution in [0.2, 0.25) is 0 Å². The molecule has 0 amide bonds. The van der Waals surface area contributed by atoms with E-state index in [1.165, 1.54) is 0 Å². The first-order chi connectivity index (χ1) is 8.00. The molecule has 0 atom stereocenters. The van der Waals surface area contributed by atoms with Crippen LogP contribution < -0.4 is 29.6 Å². The summed E-state index contributed by atoms with van der Waals surface area (Å²) < 4.78 is 136. The molecule has 0 rings (SSSR count). The van der Waals surface area contributed by atoms with Crippen molar-refractivity contribution in [2.24, 2.45) is 0 Å². The smallest absolute Gasteiger partial charge is 0.759 e. The van der Waals surface area contributed by atoms with Crippen molar-refractivity contribution in [3.63, 3.8) is 0 Å². The monoisotopic (exact) mass is 488 g/mol. The summed E-state index contributed by atoms with van der Waals surface area (Å²) in [5, 5.41) is 0. The maximum atomic E-state index is 8.52. The molecule has 0 aliphatic heterocycles. The molecule has 0 aromatic heterocycles. The topological polar surface area (TPSA) is 321 Å². The number of rotatable bonds is 0. The largest absolute Gasteiger partial charge is 3.00 e. The van der Waals surface area contributed by atoms with Gasteiger partial charge in [-0.05, 0) is 0 Å². The Hall–Kier alpha value is 2.08. The van der Waals surface area contributed by atoms with Crippen molar-refractivity contribution in [1.29, 1.82) is 0 Å². The molecule has 0 unspecified atom stereocenters. The fourth-order valence-corrected chi connectivity index (χ4v) is 0. The molecule has 0 spiro atoms. The minimum absolute atomic E-state index is 0. The molecule has 0 N–H and O–H groups in total. The van der Waals surface area contributed by atoms with Crippen LogP contribution in [0.3, 0.4) is 0 Å². The van der Waals surface area contributed by atoms with Gasteiger partial charge in [0.1, 0.15) is 0 Å². The molecule has 16 nitrogen and oxygen atoms in total. The molecule has 24 heavy (non-hydrogen) atoms. The third kappa shape index (κ3) is 2970. The minimum atomic E-state index is -5.17. The summed E-state index contributed by atoms with van der Waals surface area (Å²) >= 11 is 0. The van der Waals surface area contributed by atoms with Gasteiger partial charge in [0, 0.05) is 41.6 Å². The minimum Gasteiger partial charge on any atom is -0.759 e. The number of hydrogen-bond acceptors (Lipinski definition) is 16. The summed E-state index contributed by atoms with van der Waals surface area (Å²) in [6.07, 6.45) is 0. The van der Waals surface area contributed by atoms with Crippen molar-refractivity contribution in [3.05, 3.63) is 0 Å². The van der Waals surface area contributed by atoms with E-state index < -0.39 is 41.6 Å². The van der Waals surface area contributed by atoms with Crippen LogP contribution in [-0.4, -0.2) is 122 Å². The second-order valence-electron chi connectivity index (χ2n) is 1.63. The molecule has 0 heterocycles. The summed E-state index contributed by atoms with van der Waals surface area (Å²) in [6.45, 7) is 0. The third-order valence-electron chi connectivity index (χ3n) is 0.